The van der Waals surface area contributed by atoms with Crippen molar-refractivity contribution in [3.8, 4) is 11.5 Å². The predicted molar refractivity (Wildman–Crippen MR) is 146 cm³/mol. The van der Waals surface area contributed by atoms with E-state index in [1.54, 1.807) is 18.2 Å². The lowest BCUT2D eigenvalue weighted by molar-refractivity contribution is -0.147. The zero-order valence-electron chi connectivity index (χ0n) is 23.0. The number of benzene rings is 1. The highest BCUT2D eigenvalue weighted by molar-refractivity contribution is 5.98. The summed E-state index contributed by atoms with van der Waals surface area (Å²) < 4.78 is 65.6. The second-order valence-electron chi connectivity index (χ2n) is 11.1. The Morgan fingerprint density at radius 1 is 0.977 bits per heavy atom. The number of pyridine rings is 1. The Morgan fingerprint density at radius 3 is 2.55 bits per heavy atom. The van der Waals surface area contributed by atoms with Crippen LogP contribution in [0, 0.1) is 0 Å². The van der Waals surface area contributed by atoms with Gasteiger partial charge in [0.1, 0.15) is 5.69 Å². The maximum Gasteiger partial charge on any atom is 0.451 e. The minimum absolute atomic E-state index is 0.0364. The van der Waals surface area contributed by atoms with E-state index >= 15 is 0 Å². The second-order valence-corrected chi connectivity index (χ2v) is 11.1. The molecule has 1 saturated heterocycles. The molecule has 1 saturated carbocycles. The summed E-state index contributed by atoms with van der Waals surface area (Å²) in [4.78, 5) is 30.6. The zero-order valence-corrected chi connectivity index (χ0v) is 23.0. The van der Waals surface area contributed by atoms with Gasteiger partial charge in [0.15, 0.2) is 17.3 Å². The van der Waals surface area contributed by atoms with Crippen LogP contribution in [0.5, 0.6) is 11.5 Å². The topological polar surface area (TPSA) is 144 Å². The van der Waals surface area contributed by atoms with Crippen LogP contribution in [0.1, 0.15) is 55.0 Å². The lowest BCUT2D eigenvalue weighted by Crippen LogP contribution is -2.35. The van der Waals surface area contributed by atoms with Gasteiger partial charge in [0.2, 0.25) is 11.4 Å². The van der Waals surface area contributed by atoms with Crippen molar-refractivity contribution in [1.29, 1.82) is 0 Å². The summed E-state index contributed by atoms with van der Waals surface area (Å²) in [5.41, 5.74) is -1.01. The van der Waals surface area contributed by atoms with Crippen molar-refractivity contribution in [3.63, 3.8) is 0 Å². The Balaban J connectivity index is 1.22. The predicted octanol–water partition coefficient (Wildman–Crippen LogP) is 4.14. The molecule has 0 amide bonds. The van der Waals surface area contributed by atoms with Crippen LogP contribution in [-0.2, 0) is 24.0 Å². The quantitative estimate of drug-likeness (QED) is 0.209. The van der Waals surface area contributed by atoms with Crippen LogP contribution in [0.3, 0.4) is 0 Å². The number of ether oxygens (including phenoxy) is 2. The SMILES string of the molecule is O=c1oc2nc3cc(N4CCn5c(nnc5C(F)(F)F)C4)ccc3c(Oc3cn(C4CC4)nc3C3CCOCC3)c2oc1=O. The third-order valence-electron chi connectivity index (χ3n) is 8.24. The van der Waals surface area contributed by atoms with Crippen LogP contribution < -0.4 is 20.9 Å². The molecule has 0 radical (unpaired) electrons. The zero-order chi connectivity index (χ0) is 30.2. The first-order valence-corrected chi connectivity index (χ1v) is 14.2. The number of halogens is 3. The number of anilines is 1. The number of rotatable bonds is 5. The number of alkyl halides is 3. The van der Waals surface area contributed by atoms with Gasteiger partial charge in [0.05, 0.1) is 24.3 Å². The van der Waals surface area contributed by atoms with Gasteiger partial charge in [-0.1, -0.05) is 0 Å². The number of hydrogen-bond donors (Lipinski definition) is 0. The van der Waals surface area contributed by atoms with Gasteiger partial charge in [-0.2, -0.15) is 18.3 Å². The molecule has 228 valence electrons. The highest BCUT2D eigenvalue weighted by atomic mass is 19.4. The molecule has 44 heavy (non-hydrogen) atoms. The molecule has 0 bridgehead atoms. The molecule has 5 aromatic rings. The van der Waals surface area contributed by atoms with Gasteiger partial charge in [-0.3, -0.25) is 4.68 Å². The fourth-order valence-corrected chi connectivity index (χ4v) is 5.85. The minimum Gasteiger partial charge on any atom is -0.449 e. The fourth-order valence-electron chi connectivity index (χ4n) is 5.85. The maximum absolute atomic E-state index is 13.3. The number of fused-ring (bicyclic) bond motifs is 3. The van der Waals surface area contributed by atoms with E-state index in [4.69, 9.17) is 23.4 Å². The summed E-state index contributed by atoms with van der Waals surface area (Å²) in [5.74, 6) is -0.114. The van der Waals surface area contributed by atoms with Crippen molar-refractivity contribution in [2.75, 3.05) is 24.7 Å². The van der Waals surface area contributed by atoms with E-state index in [0.29, 0.717) is 35.6 Å². The maximum atomic E-state index is 13.3. The van der Waals surface area contributed by atoms with Crippen LogP contribution in [-0.4, -0.2) is 49.3 Å². The summed E-state index contributed by atoms with van der Waals surface area (Å²) in [6.07, 6.45) is 0.821. The average Bonchev–Trinajstić information content (AvgIpc) is 3.62. The van der Waals surface area contributed by atoms with Crippen LogP contribution in [0.4, 0.5) is 18.9 Å². The molecular weight excluding hydrogens is 587 g/mol. The molecule has 6 heterocycles. The van der Waals surface area contributed by atoms with Gasteiger partial charge >= 0.3 is 17.4 Å². The van der Waals surface area contributed by atoms with E-state index in [1.807, 2.05) is 15.8 Å². The highest BCUT2D eigenvalue weighted by Crippen LogP contribution is 2.43. The molecule has 0 spiro atoms. The van der Waals surface area contributed by atoms with Crippen molar-refractivity contribution in [3.05, 3.63) is 62.6 Å². The van der Waals surface area contributed by atoms with Crippen molar-refractivity contribution in [1.82, 2.24) is 29.5 Å². The Hall–Kier alpha value is -4.73. The van der Waals surface area contributed by atoms with Gasteiger partial charge in [-0.15, -0.1) is 10.2 Å². The highest BCUT2D eigenvalue weighted by Gasteiger charge is 2.39. The smallest absolute Gasteiger partial charge is 0.449 e. The van der Waals surface area contributed by atoms with Crippen LogP contribution in [0.25, 0.3) is 22.2 Å². The summed E-state index contributed by atoms with van der Waals surface area (Å²) in [7, 11) is 0. The Morgan fingerprint density at radius 2 is 1.77 bits per heavy atom. The number of nitrogens with zero attached hydrogens (tertiary/aromatic N) is 7. The van der Waals surface area contributed by atoms with Crippen LogP contribution in [0.2, 0.25) is 0 Å². The first-order chi connectivity index (χ1) is 21.2. The third kappa shape index (κ3) is 4.60. The first kappa shape index (κ1) is 26.9. The summed E-state index contributed by atoms with van der Waals surface area (Å²) in [6.45, 7) is 1.59. The molecule has 2 fully saturated rings. The molecule has 13 nitrogen and oxygen atoms in total. The van der Waals surface area contributed by atoms with Gasteiger partial charge in [0.25, 0.3) is 5.71 Å². The Bertz CT molecular complexity index is 2040. The summed E-state index contributed by atoms with van der Waals surface area (Å²) >= 11 is 0. The molecule has 0 atom stereocenters. The van der Waals surface area contributed by atoms with Gasteiger partial charge in [-0.25, -0.2) is 14.6 Å². The lowest BCUT2D eigenvalue weighted by atomic mass is 9.96. The van der Waals surface area contributed by atoms with Crippen molar-refractivity contribution < 1.29 is 31.5 Å². The van der Waals surface area contributed by atoms with E-state index in [1.165, 1.54) is 0 Å². The van der Waals surface area contributed by atoms with Crippen molar-refractivity contribution in [2.45, 2.75) is 56.9 Å². The van der Waals surface area contributed by atoms with Crippen molar-refractivity contribution >= 4 is 27.9 Å². The second kappa shape index (κ2) is 9.90. The Kier molecular flexibility index (Phi) is 6.05. The normalized spacial score (nSPS) is 17.8. The summed E-state index contributed by atoms with van der Waals surface area (Å²) in [5, 5.41) is 12.4. The molecule has 16 heteroatoms. The fraction of sp³-hybridized carbons (Fsp3) is 0.429. The molecular formula is C28H24F3N7O6. The third-order valence-corrected chi connectivity index (χ3v) is 8.24. The van der Waals surface area contributed by atoms with Gasteiger partial charge < -0.3 is 27.8 Å². The van der Waals surface area contributed by atoms with E-state index in [9.17, 15) is 22.8 Å². The van der Waals surface area contributed by atoms with Gasteiger partial charge in [0, 0.05) is 43.3 Å². The van der Waals surface area contributed by atoms with E-state index in [2.05, 4.69) is 15.2 Å². The molecule has 0 N–H and O–H groups in total. The summed E-state index contributed by atoms with van der Waals surface area (Å²) in [6, 6.07) is 5.48. The molecule has 2 aliphatic heterocycles. The molecule has 1 aromatic carbocycles. The van der Waals surface area contributed by atoms with Crippen molar-refractivity contribution in [2.24, 2.45) is 0 Å². The first-order valence-electron chi connectivity index (χ1n) is 14.2. The van der Waals surface area contributed by atoms with E-state index < -0.39 is 23.3 Å². The minimum atomic E-state index is -4.60. The molecule has 8 rings (SSSR count). The Labute approximate surface area is 244 Å². The molecule has 0 unspecified atom stereocenters. The van der Waals surface area contributed by atoms with Gasteiger partial charge in [-0.05, 0) is 43.9 Å². The number of aromatic nitrogens is 6. The molecule has 3 aliphatic rings. The van der Waals surface area contributed by atoms with E-state index in [-0.39, 0.29) is 54.5 Å². The number of hydrogen-bond acceptors (Lipinski definition) is 11. The largest absolute Gasteiger partial charge is 0.451 e. The van der Waals surface area contributed by atoms with Crippen LogP contribution in [0.15, 0.2) is 42.8 Å². The monoisotopic (exact) mass is 611 g/mol. The lowest BCUT2D eigenvalue weighted by Gasteiger charge is -2.30. The average molecular weight is 612 g/mol. The molecule has 1 aliphatic carbocycles. The molecule has 4 aromatic heterocycles. The van der Waals surface area contributed by atoms with Crippen LogP contribution >= 0.6 is 0 Å². The standard InChI is InChI=1S/C28H24F3N7O6/c29-28(30,31)27-34-33-20-13-36(7-8-37(20)27)16-3-4-17-18(11-16)32-24-23(43-25(39)26(40)44-24)22(17)42-19-12-38(15-1-2-15)35-21(19)14-5-9-41-10-6-14/h3-4,11-12,14-15H,1-2,5-10,13H2. The van der Waals surface area contributed by atoms with E-state index in [0.717, 1.165) is 35.9 Å².